The molecule has 2 nitrogen and oxygen atoms in total. The highest BCUT2D eigenvalue weighted by Gasteiger charge is 2.18. The van der Waals surface area contributed by atoms with Gasteiger partial charge in [0.25, 0.3) is 0 Å². The van der Waals surface area contributed by atoms with E-state index in [0.717, 1.165) is 81.0 Å². The molecule has 6 rings (SSSR count). The van der Waals surface area contributed by atoms with Gasteiger partial charge in [-0.1, -0.05) is 92.8 Å². The number of nitrogens with zero attached hydrogens (tertiary/aromatic N) is 2. The van der Waals surface area contributed by atoms with Crippen LogP contribution in [0.25, 0.3) is 44.5 Å². The van der Waals surface area contributed by atoms with Crippen LogP contribution in [0.15, 0.2) is 109 Å². The minimum Gasteiger partial charge on any atom is -0.206 e. The Balaban J connectivity index is 0.897. The molecule has 55 heavy (non-hydrogen) atoms. The minimum absolute atomic E-state index is 0.0281. The van der Waals surface area contributed by atoms with Crippen molar-refractivity contribution < 1.29 is 26.3 Å². The summed E-state index contributed by atoms with van der Waals surface area (Å²) >= 11 is 0. The maximum Gasteiger partial charge on any atom is 0.141 e. The van der Waals surface area contributed by atoms with Crippen LogP contribution >= 0.6 is 0 Å². The molecular formula is C47H36F6N2. The van der Waals surface area contributed by atoms with Crippen molar-refractivity contribution in [3.8, 4) is 56.6 Å². The molecule has 6 aromatic carbocycles. The summed E-state index contributed by atoms with van der Waals surface area (Å²) in [6, 6.07) is 30.6. The number of rotatable bonds is 14. The molecule has 0 atom stereocenters. The van der Waals surface area contributed by atoms with Gasteiger partial charge < -0.3 is 0 Å². The van der Waals surface area contributed by atoms with Crippen LogP contribution < -0.4 is 0 Å². The van der Waals surface area contributed by atoms with Crippen LogP contribution in [0.5, 0.6) is 0 Å². The Bertz CT molecular complexity index is 2170. The molecule has 276 valence electrons. The first-order valence-electron chi connectivity index (χ1n) is 18.2. The summed E-state index contributed by atoms with van der Waals surface area (Å²) in [5.74, 6) is -4.90. The van der Waals surface area contributed by atoms with E-state index in [4.69, 9.17) is 10.5 Å². The molecule has 0 heterocycles. The minimum atomic E-state index is -0.832. The van der Waals surface area contributed by atoms with Crippen LogP contribution in [0.4, 0.5) is 26.3 Å². The van der Waals surface area contributed by atoms with Crippen molar-refractivity contribution in [1.82, 2.24) is 0 Å². The summed E-state index contributed by atoms with van der Waals surface area (Å²) in [4.78, 5) is 0. The van der Waals surface area contributed by atoms with E-state index in [1.807, 2.05) is 48.5 Å². The van der Waals surface area contributed by atoms with Crippen LogP contribution in [0, 0.1) is 57.6 Å². The van der Waals surface area contributed by atoms with Gasteiger partial charge in [0, 0.05) is 0 Å². The van der Waals surface area contributed by atoms with Crippen molar-refractivity contribution in [2.75, 3.05) is 0 Å². The van der Waals surface area contributed by atoms with Gasteiger partial charge in [0.05, 0.1) is 22.3 Å². The first-order valence-corrected chi connectivity index (χ1v) is 18.2. The fourth-order valence-electron chi connectivity index (χ4n) is 6.82. The van der Waals surface area contributed by atoms with E-state index < -0.39 is 34.9 Å². The first-order chi connectivity index (χ1) is 26.6. The first kappa shape index (κ1) is 38.6. The Morgan fingerprint density at radius 1 is 0.327 bits per heavy atom. The average Bonchev–Trinajstić information content (AvgIpc) is 3.17. The van der Waals surface area contributed by atoms with E-state index in [2.05, 4.69) is 0 Å². The SMILES string of the molecule is N#Cc1ccc(-c2c(F)cc(-c3ccc(CCCCCCCCCc4ccc(-c5cc(F)c(-c6ccc(C#N)c(F)c6)c(F)c5)cc4)cc3)cc2F)cc1F. The molecule has 0 saturated carbocycles. The Morgan fingerprint density at radius 3 is 0.927 bits per heavy atom. The van der Waals surface area contributed by atoms with E-state index in [1.54, 1.807) is 12.1 Å². The molecular weight excluding hydrogens is 707 g/mol. The molecule has 0 aliphatic rings. The van der Waals surface area contributed by atoms with Crippen molar-refractivity contribution in [1.29, 1.82) is 10.5 Å². The molecule has 0 N–H and O–H groups in total. The molecule has 0 unspecified atom stereocenters. The van der Waals surface area contributed by atoms with Crippen LogP contribution in [-0.4, -0.2) is 0 Å². The number of hydrogen-bond acceptors (Lipinski definition) is 2. The lowest BCUT2D eigenvalue weighted by Gasteiger charge is -2.10. The number of unbranched alkanes of at least 4 members (excludes halogenated alkanes) is 6. The van der Waals surface area contributed by atoms with Gasteiger partial charge in [-0.25, -0.2) is 26.3 Å². The number of hydrogen-bond donors (Lipinski definition) is 0. The number of nitriles is 2. The van der Waals surface area contributed by atoms with Crippen molar-refractivity contribution >= 4 is 0 Å². The van der Waals surface area contributed by atoms with Crippen molar-refractivity contribution in [3.63, 3.8) is 0 Å². The van der Waals surface area contributed by atoms with Crippen LogP contribution in [0.3, 0.4) is 0 Å². The topological polar surface area (TPSA) is 47.6 Å². The van der Waals surface area contributed by atoms with Gasteiger partial charge in [-0.05, 0) is 119 Å². The van der Waals surface area contributed by atoms with Gasteiger partial charge in [-0.2, -0.15) is 10.5 Å². The lowest BCUT2D eigenvalue weighted by Crippen LogP contribution is -1.94. The molecule has 0 saturated heterocycles. The van der Waals surface area contributed by atoms with E-state index in [9.17, 15) is 26.3 Å². The van der Waals surface area contributed by atoms with E-state index in [1.165, 1.54) is 48.5 Å². The highest BCUT2D eigenvalue weighted by molar-refractivity contribution is 5.73. The second-order valence-electron chi connectivity index (χ2n) is 13.6. The summed E-state index contributed by atoms with van der Waals surface area (Å²) in [6.07, 6.45) is 9.49. The van der Waals surface area contributed by atoms with Gasteiger partial charge in [-0.3, -0.25) is 0 Å². The van der Waals surface area contributed by atoms with E-state index in [-0.39, 0.29) is 33.4 Å². The molecule has 0 aliphatic heterocycles. The largest absolute Gasteiger partial charge is 0.206 e. The summed E-state index contributed by atoms with van der Waals surface area (Å²) in [5.41, 5.74) is 3.40. The Morgan fingerprint density at radius 2 is 0.618 bits per heavy atom. The maximum absolute atomic E-state index is 15.0. The standard InChI is InChI=1S/C47H36F6N2/c48-40-22-34(18-20-36(40)28-54)46-42(50)24-38(25-43(46)51)32-14-10-30(11-15-32)8-6-4-2-1-3-5-7-9-31-12-16-33(17-13-31)39-26-44(52)47(45(53)27-39)35-19-21-37(29-55)41(49)23-35/h10-27H,1-9H2. The van der Waals surface area contributed by atoms with Crippen molar-refractivity contribution in [3.05, 3.63) is 166 Å². The summed E-state index contributed by atoms with van der Waals surface area (Å²) < 4.78 is 88.1. The summed E-state index contributed by atoms with van der Waals surface area (Å²) in [5, 5.41) is 17.8. The Labute approximate surface area is 317 Å². The molecule has 6 aromatic rings. The molecule has 0 aliphatic carbocycles. The van der Waals surface area contributed by atoms with Crippen LogP contribution in [0.1, 0.15) is 67.2 Å². The molecule has 0 aromatic heterocycles. The van der Waals surface area contributed by atoms with Crippen LogP contribution in [-0.2, 0) is 12.8 Å². The van der Waals surface area contributed by atoms with Crippen molar-refractivity contribution in [2.24, 2.45) is 0 Å². The predicted octanol–water partition coefficient (Wildman–Crippen LogP) is 13.4. The van der Waals surface area contributed by atoms with Gasteiger partial charge in [0.2, 0.25) is 0 Å². The zero-order valence-electron chi connectivity index (χ0n) is 29.9. The van der Waals surface area contributed by atoms with Crippen molar-refractivity contribution in [2.45, 2.75) is 57.8 Å². The van der Waals surface area contributed by atoms with Gasteiger partial charge in [-0.15, -0.1) is 0 Å². The fraction of sp³-hybridized carbons (Fsp3) is 0.191. The summed E-state index contributed by atoms with van der Waals surface area (Å²) in [6.45, 7) is 0. The highest BCUT2D eigenvalue weighted by atomic mass is 19.2. The second kappa shape index (κ2) is 17.8. The highest BCUT2D eigenvalue weighted by Crippen LogP contribution is 2.34. The monoisotopic (exact) mass is 742 g/mol. The normalized spacial score (nSPS) is 11.0. The van der Waals surface area contributed by atoms with E-state index >= 15 is 0 Å². The zero-order valence-corrected chi connectivity index (χ0v) is 29.9. The molecule has 0 spiro atoms. The average molecular weight is 743 g/mol. The molecule has 8 heteroatoms. The summed E-state index contributed by atoms with van der Waals surface area (Å²) in [7, 11) is 0. The molecule has 0 radical (unpaired) electrons. The van der Waals surface area contributed by atoms with Gasteiger partial charge in [0.1, 0.15) is 47.0 Å². The third-order valence-electron chi connectivity index (χ3n) is 9.85. The zero-order chi connectivity index (χ0) is 38.9. The number of aryl methyl sites for hydroxylation is 2. The quantitative estimate of drug-likeness (QED) is 0.0824. The van der Waals surface area contributed by atoms with Gasteiger partial charge in [0.15, 0.2) is 0 Å². The maximum atomic E-state index is 15.0. The number of benzene rings is 6. The third kappa shape index (κ3) is 9.34. The molecule has 0 fully saturated rings. The van der Waals surface area contributed by atoms with E-state index in [0.29, 0.717) is 22.3 Å². The van der Waals surface area contributed by atoms with Gasteiger partial charge >= 0.3 is 0 Å². The molecule has 0 amide bonds. The predicted molar refractivity (Wildman–Crippen MR) is 204 cm³/mol. The smallest absolute Gasteiger partial charge is 0.141 e. The Hall–Kier alpha value is -6.12. The number of halogens is 6. The lowest BCUT2D eigenvalue weighted by atomic mass is 9.96. The molecule has 0 bridgehead atoms. The lowest BCUT2D eigenvalue weighted by molar-refractivity contribution is 0.579. The Kier molecular flexibility index (Phi) is 12.5. The van der Waals surface area contributed by atoms with Crippen LogP contribution in [0.2, 0.25) is 0 Å². The fourth-order valence-corrected chi connectivity index (χ4v) is 6.82. The second-order valence-corrected chi connectivity index (χ2v) is 13.6. The third-order valence-corrected chi connectivity index (χ3v) is 9.85.